The van der Waals surface area contributed by atoms with Gasteiger partial charge in [0.2, 0.25) is 0 Å². The van der Waals surface area contributed by atoms with Crippen molar-refractivity contribution in [1.82, 2.24) is 0 Å². The molecule has 13 heavy (non-hydrogen) atoms. The van der Waals surface area contributed by atoms with Crippen molar-refractivity contribution in [2.24, 2.45) is 22.7 Å². The summed E-state index contributed by atoms with van der Waals surface area (Å²) in [7, 11) is 0. The molecule has 0 heterocycles. The molecule has 0 amide bonds. The molecule has 2 aliphatic rings. The maximum atomic E-state index is 11.3. The molecule has 0 unspecified atom stereocenters. The number of carbonyl (C=O) groups is 1. The largest absolute Gasteiger partial charge is 0.481 e. The van der Waals surface area contributed by atoms with Crippen molar-refractivity contribution < 1.29 is 9.90 Å². The molecule has 0 aromatic carbocycles. The molecule has 1 N–H and O–H groups in total. The molecule has 2 fully saturated rings. The van der Waals surface area contributed by atoms with Crippen LogP contribution in [0.1, 0.15) is 40.0 Å². The van der Waals surface area contributed by atoms with Gasteiger partial charge >= 0.3 is 5.97 Å². The number of carboxylic acids is 1. The van der Waals surface area contributed by atoms with Crippen LogP contribution in [-0.2, 0) is 4.79 Å². The Morgan fingerprint density at radius 3 is 2.38 bits per heavy atom. The second-order valence-electron chi connectivity index (χ2n) is 5.44. The third-order valence-electron chi connectivity index (χ3n) is 4.97. The van der Waals surface area contributed by atoms with E-state index in [4.69, 9.17) is 0 Å². The van der Waals surface area contributed by atoms with Crippen LogP contribution in [-0.4, -0.2) is 11.1 Å². The van der Waals surface area contributed by atoms with E-state index in [-0.39, 0.29) is 10.8 Å². The highest BCUT2D eigenvalue weighted by molar-refractivity contribution is 5.76. The van der Waals surface area contributed by atoms with Crippen molar-refractivity contribution in [2.75, 3.05) is 0 Å². The first-order chi connectivity index (χ1) is 5.91. The molecular formula is C11H18O2. The maximum Gasteiger partial charge on any atom is 0.309 e. The minimum Gasteiger partial charge on any atom is -0.481 e. The van der Waals surface area contributed by atoms with Gasteiger partial charge in [-0.05, 0) is 36.5 Å². The van der Waals surface area contributed by atoms with Crippen molar-refractivity contribution in [3.8, 4) is 0 Å². The molecule has 0 spiro atoms. The van der Waals surface area contributed by atoms with Gasteiger partial charge in [-0.3, -0.25) is 4.79 Å². The predicted molar refractivity (Wildman–Crippen MR) is 50.4 cm³/mol. The fourth-order valence-corrected chi connectivity index (χ4v) is 3.55. The van der Waals surface area contributed by atoms with Gasteiger partial charge in [0, 0.05) is 0 Å². The summed E-state index contributed by atoms with van der Waals surface area (Å²) in [6, 6.07) is 0. The average Bonchev–Trinajstić information content (AvgIpc) is 2.53. The van der Waals surface area contributed by atoms with Gasteiger partial charge in [-0.2, -0.15) is 0 Å². The number of rotatable bonds is 1. The highest BCUT2D eigenvalue weighted by Crippen LogP contribution is 2.65. The second-order valence-corrected chi connectivity index (χ2v) is 5.44. The van der Waals surface area contributed by atoms with Crippen LogP contribution in [0.5, 0.6) is 0 Å². The molecule has 0 aromatic rings. The summed E-state index contributed by atoms with van der Waals surface area (Å²) in [5.74, 6) is 0.405. The van der Waals surface area contributed by atoms with Crippen LogP contribution in [0.2, 0.25) is 0 Å². The first kappa shape index (κ1) is 9.04. The van der Waals surface area contributed by atoms with Crippen LogP contribution in [0.4, 0.5) is 0 Å². The Morgan fingerprint density at radius 2 is 2.08 bits per heavy atom. The SMILES string of the molecule is C[C@@H]1C(C)(C)[C@@H]2CC[C@@]1(C(=O)O)C2. The molecule has 0 saturated heterocycles. The normalized spacial score (nSPS) is 46.7. The van der Waals surface area contributed by atoms with Crippen LogP contribution in [0, 0.1) is 22.7 Å². The van der Waals surface area contributed by atoms with Gasteiger partial charge in [0.05, 0.1) is 5.41 Å². The van der Waals surface area contributed by atoms with Gasteiger partial charge in [-0.1, -0.05) is 20.8 Å². The van der Waals surface area contributed by atoms with Gasteiger partial charge in [0.1, 0.15) is 0 Å². The maximum absolute atomic E-state index is 11.3. The number of fused-ring (bicyclic) bond motifs is 2. The molecule has 0 aromatic heterocycles. The minimum absolute atomic E-state index is 0.233. The van der Waals surface area contributed by atoms with Crippen LogP contribution in [0.25, 0.3) is 0 Å². The fourth-order valence-electron chi connectivity index (χ4n) is 3.55. The number of aliphatic carboxylic acids is 1. The molecule has 0 aliphatic heterocycles. The molecule has 3 atom stereocenters. The van der Waals surface area contributed by atoms with Crippen LogP contribution < -0.4 is 0 Å². The van der Waals surface area contributed by atoms with Crippen LogP contribution in [0.3, 0.4) is 0 Å². The van der Waals surface area contributed by atoms with E-state index in [2.05, 4.69) is 20.8 Å². The predicted octanol–water partition coefficient (Wildman–Crippen LogP) is 2.53. The summed E-state index contributed by atoms with van der Waals surface area (Å²) < 4.78 is 0. The van der Waals surface area contributed by atoms with E-state index >= 15 is 0 Å². The van der Waals surface area contributed by atoms with Crippen molar-refractivity contribution in [2.45, 2.75) is 40.0 Å². The summed E-state index contributed by atoms with van der Waals surface area (Å²) in [5, 5.41) is 9.29. The zero-order valence-electron chi connectivity index (χ0n) is 8.63. The fraction of sp³-hybridized carbons (Fsp3) is 0.909. The summed E-state index contributed by atoms with van der Waals surface area (Å²) in [4.78, 5) is 11.3. The molecule has 0 radical (unpaired) electrons. The highest BCUT2D eigenvalue weighted by atomic mass is 16.4. The van der Waals surface area contributed by atoms with Gasteiger partial charge in [-0.15, -0.1) is 0 Å². The number of carboxylic acid groups (broad SMARTS) is 1. The monoisotopic (exact) mass is 182 g/mol. The minimum atomic E-state index is -0.562. The Bertz CT molecular complexity index is 257. The van der Waals surface area contributed by atoms with E-state index in [9.17, 15) is 9.90 Å². The van der Waals surface area contributed by atoms with Crippen molar-refractivity contribution in [3.05, 3.63) is 0 Å². The summed E-state index contributed by atoms with van der Waals surface area (Å²) in [5.41, 5.74) is -0.148. The summed E-state index contributed by atoms with van der Waals surface area (Å²) in [6.45, 7) is 6.58. The van der Waals surface area contributed by atoms with Crippen molar-refractivity contribution >= 4 is 5.97 Å². The highest BCUT2D eigenvalue weighted by Gasteiger charge is 2.63. The quantitative estimate of drug-likeness (QED) is 0.676. The average molecular weight is 182 g/mol. The van der Waals surface area contributed by atoms with Gasteiger partial charge in [0.25, 0.3) is 0 Å². The van der Waals surface area contributed by atoms with E-state index in [0.717, 1.165) is 19.3 Å². The van der Waals surface area contributed by atoms with Gasteiger partial charge in [0.15, 0.2) is 0 Å². The lowest BCUT2D eigenvalue weighted by Gasteiger charge is -2.39. The van der Waals surface area contributed by atoms with Crippen LogP contribution in [0.15, 0.2) is 0 Å². The Balaban J connectivity index is 2.40. The molecule has 2 rings (SSSR count). The molecular weight excluding hydrogens is 164 g/mol. The smallest absolute Gasteiger partial charge is 0.309 e. The van der Waals surface area contributed by atoms with Crippen molar-refractivity contribution in [3.63, 3.8) is 0 Å². The van der Waals surface area contributed by atoms with E-state index in [1.165, 1.54) is 0 Å². The lowest BCUT2D eigenvalue weighted by atomic mass is 9.64. The molecule has 2 aliphatic carbocycles. The zero-order chi connectivity index (χ0) is 9.85. The van der Waals surface area contributed by atoms with E-state index < -0.39 is 5.97 Å². The first-order valence-electron chi connectivity index (χ1n) is 5.14. The Labute approximate surface area is 79.3 Å². The topological polar surface area (TPSA) is 37.3 Å². The lowest BCUT2D eigenvalue weighted by Crippen LogP contribution is -2.39. The molecule has 2 nitrogen and oxygen atoms in total. The summed E-state index contributed by atoms with van der Waals surface area (Å²) in [6.07, 6.45) is 2.93. The van der Waals surface area contributed by atoms with Gasteiger partial charge < -0.3 is 5.11 Å². The number of hydrogen-bond acceptors (Lipinski definition) is 1. The third kappa shape index (κ3) is 0.866. The lowest BCUT2D eigenvalue weighted by molar-refractivity contribution is -0.152. The Hall–Kier alpha value is -0.530. The first-order valence-corrected chi connectivity index (χ1v) is 5.14. The summed E-state index contributed by atoms with van der Waals surface area (Å²) >= 11 is 0. The molecule has 2 heteroatoms. The number of hydrogen-bond donors (Lipinski definition) is 1. The zero-order valence-corrected chi connectivity index (χ0v) is 8.63. The van der Waals surface area contributed by atoms with E-state index in [1.807, 2.05) is 0 Å². The van der Waals surface area contributed by atoms with Crippen LogP contribution >= 0.6 is 0 Å². The molecule has 2 saturated carbocycles. The standard InChI is InChI=1S/C11H18O2/c1-7-10(2,3)8-4-5-11(7,6-8)9(12)13/h7-8H,4-6H2,1-3H3,(H,12,13)/t7-,8-,11-/m1/s1. The molecule has 74 valence electrons. The van der Waals surface area contributed by atoms with Crippen molar-refractivity contribution in [1.29, 1.82) is 0 Å². The Kier molecular flexibility index (Phi) is 1.59. The van der Waals surface area contributed by atoms with E-state index in [1.54, 1.807) is 0 Å². The Morgan fingerprint density at radius 1 is 1.46 bits per heavy atom. The molecule has 2 bridgehead atoms. The van der Waals surface area contributed by atoms with E-state index in [0.29, 0.717) is 11.8 Å². The van der Waals surface area contributed by atoms with Gasteiger partial charge in [-0.25, -0.2) is 0 Å². The second kappa shape index (κ2) is 2.28. The third-order valence-corrected chi connectivity index (χ3v) is 4.97.